The number of carbonyl (C=O) groups excluding carboxylic acids is 1. The third-order valence-corrected chi connectivity index (χ3v) is 3.24. The van der Waals surface area contributed by atoms with Crippen LogP contribution in [-0.4, -0.2) is 20.7 Å². The fraction of sp³-hybridized carbons (Fsp3) is 0.0588. The SMILES string of the molecule is Cc1cc(=O)c(C(=O)Nc2cccnc2)nn1-c1ccccc1. The van der Waals surface area contributed by atoms with Crippen LogP contribution in [0, 0.1) is 6.92 Å². The van der Waals surface area contributed by atoms with E-state index in [1.165, 1.54) is 12.3 Å². The number of aromatic nitrogens is 3. The van der Waals surface area contributed by atoms with Gasteiger partial charge in [-0.3, -0.25) is 14.6 Å². The molecule has 3 rings (SSSR count). The summed E-state index contributed by atoms with van der Waals surface area (Å²) in [5.74, 6) is -0.562. The molecule has 0 aliphatic carbocycles. The molecule has 0 fully saturated rings. The van der Waals surface area contributed by atoms with Gasteiger partial charge in [0.2, 0.25) is 5.43 Å². The molecular weight excluding hydrogens is 292 g/mol. The third-order valence-electron chi connectivity index (χ3n) is 3.24. The standard InChI is InChI=1S/C17H14N4O2/c1-12-10-15(22)16(17(23)19-13-6-5-9-18-11-13)20-21(12)14-7-3-2-4-8-14/h2-11H,1H3,(H,19,23). The number of aryl methyl sites for hydroxylation is 1. The van der Waals surface area contributed by atoms with Gasteiger partial charge < -0.3 is 5.32 Å². The van der Waals surface area contributed by atoms with Crippen LogP contribution in [0.1, 0.15) is 16.2 Å². The monoisotopic (exact) mass is 306 g/mol. The minimum absolute atomic E-state index is 0.164. The van der Waals surface area contributed by atoms with E-state index >= 15 is 0 Å². The molecule has 0 unspecified atom stereocenters. The maximum atomic E-state index is 12.3. The largest absolute Gasteiger partial charge is 0.319 e. The van der Waals surface area contributed by atoms with E-state index in [4.69, 9.17) is 0 Å². The van der Waals surface area contributed by atoms with Gasteiger partial charge in [-0.25, -0.2) is 4.68 Å². The minimum atomic E-state index is -0.562. The summed E-state index contributed by atoms with van der Waals surface area (Å²) >= 11 is 0. The number of pyridine rings is 1. The molecule has 0 saturated heterocycles. The smallest absolute Gasteiger partial charge is 0.280 e. The number of nitrogens with zero attached hydrogens (tertiary/aromatic N) is 3. The van der Waals surface area contributed by atoms with Crippen LogP contribution in [0.3, 0.4) is 0 Å². The van der Waals surface area contributed by atoms with Gasteiger partial charge in [-0.05, 0) is 31.2 Å². The maximum absolute atomic E-state index is 12.3. The van der Waals surface area contributed by atoms with Crippen molar-refractivity contribution < 1.29 is 4.79 Å². The maximum Gasteiger partial charge on any atom is 0.280 e. The first-order valence-corrected chi connectivity index (χ1v) is 7.03. The fourth-order valence-electron chi connectivity index (χ4n) is 2.16. The van der Waals surface area contributed by atoms with Gasteiger partial charge in [-0.2, -0.15) is 5.10 Å². The molecular formula is C17H14N4O2. The number of hydrogen-bond donors (Lipinski definition) is 1. The average molecular weight is 306 g/mol. The first-order chi connectivity index (χ1) is 11.1. The second-order valence-corrected chi connectivity index (χ2v) is 4.94. The zero-order valence-electron chi connectivity index (χ0n) is 12.4. The van der Waals surface area contributed by atoms with Crippen molar-refractivity contribution in [1.82, 2.24) is 14.8 Å². The Morgan fingerprint density at radius 1 is 1.13 bits per heavy atom. The predicted molar refractivity (Wildman–Crippen MR) is 86.8 cm³/mol. The van der Waals surface area contributed by atoms with Crippen LogP contribution in [-0.2, 0) is 0 Å². The Labute approximate surface area is 132 Å². The lowest BCUT2D eigenvalue weighted by Gasteiger charge is -2.11. The van der Waals surface area contributed by atoms with Crippen LogP contribution in [0.5, 0.6) is 0 Å². The number of rotatable bonds is 3. The van der Waals surface area contributed by atoms with Crippen molar-refractivity contribution in [2.24, 2.45) is 0 Å². The van der Waals surface area contributed by atoms with Crippen molar-refractivity contribution in [1.29, 1.82) is 0 Å². The Bertz CT molecular complexity index is 889. The van der Waals surface area contributed by atoms with Crippen LogP contribution < -0.4 is 10.7 Å². The molecule has 0 aliphatic heterocycles. The number of benzene rings is 1. The van der Waals surface area contributed by atoms with Gasteiger partial charge in [0.05, 0.1) is 17.6 Å². The van der Waals surface area contributed by atoms with E-state index in [2.05, 4.69) is 15.4 Å². The number of amides is 1. The molecule has 114 valence electrons. The third kappa shape index (κ3) is 3.16. The summed E-state index contributed by atoms with van der Waals surface area (Å²) in [6.45, 7) is 1.77. The molecule has 1 aromatic carbocycles. The van der Waals surface area contributed by atoms with Crippen molar-refractivity contribution in [2.45, 2.75) is 6.92 Å². The van der Waals surface area contributed by atoms with Crippen molar-refractivity contribution in [3.8, 4) is 5.69 Å². The molecule has 6 nitrogen and oxygen atoms in total. The molecule has 0 bridgehead atoms. The average Bonchev–Trinajstić information content (AvgIpc) is 2.56. The van der Waals surface area contributed by atoms with Gasteiger partial charge in [0, 0.05) is 18.0 Å². The van der Waals surface area contributed by atoms with Crippen molar-refractivity contribution in [3.05, 3.63) is 82.5 Å². The van der Waals surface area contributed by atoms with E-state index in [1.807, 2.05) is 30.3 Å². The highest BCUT2D eigenvalue weighted by Crippen LogP contribution is 2.09. The van der Waals surface area contributed by atoms with E-state index in [0.717, 1.165) is 5.69 Å². The van der Waals surface area contributed by atoms with Crippen molar-refractivity contribution in [2.75, 3.05) is 5.32 Å². The Balaban J connectivity index is 2.00. The lowest BCUT2D eigenvalue weighted by molar-refractivity contribution is 0.101. The van der Waals surface area contributed by atoms with E-state index in [0.29, 0.717) is 11.4 Å². The van der Waals surface area contributed by atoms with E-state index in [9.17, 15) is 9.59 Å². The molecule has 0 radical (unpaired) electrons. The van der Waals surface area contributed by atoms with Gasteiger partial charge in [-0.1, -0.05) is 18.2 Å². The van der Waals surface area contributed by atoms with Crippen LogP contribution in [0.4, 0.5) is 5.69 Å². The molecule has 0 atom stereocenters. The summed E-state index contributed by atoms with van der Waals surface area (Å²) < 4.78 is 1.57. The highest BCUT2D eigenvalue weighted by atomic mass is 16.2. The Kier molecular flexibility index (Phi) is 3.97. The highest BCUT2D eigenvalue weighted by molar-refractivity contribution is 6.02. The highest BCUT2D eigenvalue weighted by Gasteiger charge is 2.15. The van der Waals surface area contributed by atoms with Gasteiger partial charge in [-0.15, -0.1) is 0 Å². The van der Waals surface area contributed by atoms with Crippen LogP contribution in [0.25, 0.3) is 5.69 Å². The van der Waals surface area contributed by atoms with E-state index in [1.54, 1.807) is 29.9 Å². The minimum Gasteiger partial charge on any atom is -0.319 e. The predicted octanol–water partition coefficient (Wildman–Crippen LogP) is 2.19. The van der Waals surface area contributed by atoms with Gasteiger partial charge in [0.25, 0.3) is 5.91 Å². The molecule has 2 aromatic heterocycles. The fourth-order valence-corrected chi connectivity index (χ4v) is 2.16. The summed E-state index contributed by atoms with van der Waals surface area (Å²) in [6.07, 6.45) is 3.10. The molecule has 6 heteroatoms. The Hall–Kier alpha value is -3.28. The molecule has 0 aliphatic rings. The zero-order valence-corrected chi connectivity index (χ0v) is 12.4. The van der Waals surface area contributed by atoms with E-state index < -0.39 is 11.3 Å². The number of nitrogens with one attached hydrogen (secondary N) is 1. The molecule has 3 aromatic rings. The molecule has 2 heterocycles. The molecule has 0 saturated carbocycles. The lowest BCUT2D eigenvalue weighted by Crippen LogP contribution is -2.26. The van der Waals surface area contributed by atoms with Crippen LogP contribution in [0.2, 0.25) is 0 Å². The Morgan fingerprint density at radius 2 is 1.91 bits per heavy atom. The quantitative estimate of drug-likeness (QED) is 0.804. The van der Waals surface area contributed by atoms with Crippen molar-refractivity contribution >= 4 is 11.6 Å². The Morgan fingerprint density at radius 3 is 2.61 bits per heavy atom. The number of para-hydroxylation sites is 1. The second kappa shape index (κ2) is 6.23. The lowest BCUT2D eigenvalue weighted by atomic mass is 10.2. The number of anilines is 1. The van der Waals surface area contributed by atoms with Crippen molar-refractivity contribution in [3.63, 3.8) is 0 Å². The first kappa shape index (κ1) is 14.6. The van der Waals surface area contributed by atoms with Crippen LogP contribution in [0.15, 0.2) is 65.7 Å². The molecule has 0 spiro atoms. The molecule has 1 amide bonds. The van der Waals surface area contributed by atoms with Gasteiger partial charge in [0.1, 0.15) is 0 Å². The summed E-state index contributed by atoms with van der Waals surface area (Å²) in [6, 6.07) is 14.1. The summed E-state index contributed by atoms with van der Waals surface area (Å²) in [7, 11) is 0. The van der Waals surface area contributed by atoms with Gasteiger partial charge in [0.15, 0.2) is 5.69 Å². The van der Waals surface area contributed by atoms with Crippen LogP contribution >= 0.6 is 0 Å². The van der Waals surface area contributed by atoms with Gasteiger partial charge >= 0.3 is 0 Å². The first-order valence-electron chi connectivity index (χ1n) is 7.03. The second-order valence-electron chi connectivity index (χ2n) is 4.94. The zero-order chi connectivity index (χ0) is 16.2. The number of carbonyl (C=O) groups is 1. The molecule has 1 N–H and O–H groups in total. The number of hydrogen-bond acceptors (Lipinski definition) is 4. The van der Waals surface area contributed by atoms with E-state index in [-0.39, 0.29) is 5.69 Å². The molecule has 23 heavy (non-hydrogen) atoms. The summed E-state index contributed by atoms with van der Waals surface area (Å²) in [4.78, 5) is 28.3. The summed E-state index contributed by atoms with van der Waals surface area (Å²) in [5.41, 5.74) is 1.35. The summed E-state index contributed by atoms with van der Waals surface area (Å²) in [5, 5.41) is 6.83. The normalized spacial score (nSPS) is 10.3. The topological polar surface area (TPSA) is 76.9 Å².